The first-order valence-electron chi connectivity index (χ1n) is 4.68. The van der Waals surface area contributed by atoms with Crippen LogP contribution in [-0.2, 0) is 10.3 Å². The SMILES string of the molecule is C[C@](NCC#N)(C(N)=O)c1cccc(Cl)c1. The first kappa shape index (κ1) is 12.5. The van der Waals surface area contributed by atoms with E-state index >= 15 is 0 Å². The number of nitrogens with two attached hydrogens (primary N) is 1. The van der Waals surface area contributed by atoms with Crippen molar-refractivity contribution in [2.45, 2.75) is 12.5 Å². The van der Waals surface area contributed by atoms with Gasteiger partial charge < -0.3 is 5.73 Å². The Labute approximate surface area is 99.0 Å². The Kier molecular flexibility index (Phi) is 3.88. The fourth-order valence-electron chi connectivity index (χ4n) is 1.35. The van der Waals surface area contributed by atoms with Crippen LogP contribution in [0.1, 0.15) is 12.5 Å². The second-order valence-corrected chi connectivity index (χ2v) is 3.95. The van der Waals surface area contributed by atoms with Crippen LogP contribution in [0.15, 0.2) is 24.3 Å². The van der Waals surface area contributed by atoms with E-state index in [1.165, 1.54) is 0 Å². The summed E-state index contributed by atoms with van der Waals surface area (Å²) < 4.78 is 0. The van der Waals surface area contributed by atoms with Crippen molar-refractivity contribution in [2.75, 3.05) is 6.54 Å². The molecule has 84 valence electrons. The molecule has 1 atom stereocenters. The molecule has 0 fully saturated rings. The van der Waals surface area contributed by atoms with Crippen molar-refractivity contribution in [3.63, 3.8) is 0 Å². The van der Waals surface area contributed by atoms with Crippen molar-refractivity contribution in [1.82, 2.24) is 5.32 Å². The number of halogens is 1. The van der Waals surface area contributed by atoms with Crippen molar-refractivity contribution in [3.05, 3.63) is 34.9 Å². The van der Waals surface area contributed by atoms with Crippen LogP contribution in [0.3, 0.4) is 0 Å². The van der Waals surface area contributed by atoms with E-state index in [0.717, 1.165) is 0 Å². The van der Waals surface area contributed by atoms with Crippen LogP contribution in [0.5, 0.6) is 0 Å². The molecule has 1 rings (SSSR count). The molecule has 0 aromatic heterocycles. The van der Waals surface area contributed by atoms with E-state index in [4.69, 9.17) is 22.6 Å². The van der Waals surface area contributed by atoms with Crippen LogP contribution in [0, 0.1) is 11.3 Å². The predicted molar refractivity (Wildman–Crippen MR) is 61.6 cm³/mol. The van der Waals surface area contributed by atoms with Crippen molar-refractivity contribution in [3.8, 4) is 6.07 Å². The molecule has 16 heavy (non-hydrogen) atoms. The highest BCUT2D eigenvalue weighted by molar-refractivity contribution is 6.30. The monoisotopic (exact) mass is 237 g/mol. The Hall–Kier alpha value is -1.57. The third kappa shape index (κ3) is 2.51. The number of rotatable bonds is 4. The van der Waals surface area contributed by atoms with Crippen molar-refractivity contribution < 1.29 is 4.79 Å². The van der Waals surface area contributed by atoms with Gasteiger partial charge in [-0.3, -0.25) is 10.1 Å². The number of amides is 1. The van der Waals surface area contributed by atoms with Crippen LogP contribution < -0.4 is 11.1 Å². The lowest BCUT2D eigenvalue weighted by Gasteiger charge is -2.27. The molecule has 4 nitrogen and oxygen atoms in total. The average Bonchev–Trinajstić information content (AvgIpc) is 2.25. The summed E-state index contributed by atoms with van der Waals surface area (Å²) in [5.41, 5.74) is 4.90. The third-order valence-electron chi connectivity index (χ3n) is 2.42. The lowest BCUT2D eigenvalue weighted by atomic mass is 9.91. The van der Waals surface area contributed by atoms with E-state index in [-0.39, 0.29) is 6.54 Å². The highest BCUT2D eigenvalue weighted by Crippen LogP contribution is 2.23. The standard InChI is InChI=1S/C11H12ClN3O/c1-11(10(14)16,15-6-5-13)8-3-2-4-9(12)7-8/h2-4,7,15H,6H2,1H3,(H2,14,16)/t11-/m1/s1. The zero-order valence-electron chi connectivity index (χ0n) is 8.83. The van der Waals surface area contributed by atoms with Gasteiger partial charge in [-0.25, -0.2) is 0 Å². The predicted octanol–water partition coefficient (Wildman–Crippen LogP) is 1.15. The van der Waals surface area contributed by atoms with Gasteiger partial charge in [-0.2, -0.15) is 5.26 Å². The van der Waals surface area contributed by atoms with Gasteiger partial charge in [0.25, 0.3) is 0 Å². The summed E-state index contributed by atoms with van der Waals surface area (Å²) in [5.74, 6) is -0.551. The molecular weight excluding hydrogens is 226 g/mol. The molecular formula is C11H12ClN3O. The number of benzene rings is 1. The van der Waals surface area contributed by atoms with E-state index in [1.54, 1.807) is 31.2 Å². The Morgan fingerprint density at radius 2 is 2.38 bits per heavy atom. The molecule has 0 radical (unpaired) electrons. The maximum Gasteiger partial charge on any atom is 0.242 e. The Balaban J connectivity index is 3.12. The van der Waals surface area contributed by atoms with Crippen LogP contribution in [0.4, 0.5) is 0 Å². The topological polar surface area (TPSA) is 78.9 Å². The van der Waals surface area contributed by atoms with E-state index < -0.39 is 11.4 Å². The Morgan fingerprint density at radius 3 is 2.88 bits per heavy atom. The molecule has 1 aromatic carbocycles. The van der Waals surface area contributed by atoms with Gasteiger partial charge in [-0.15, -0.1) is 0 Å². The summed E-state index contributed by atoms with van der Waals surface area (Å²) in [6.07, 6.45) is 0. The van der Waals surface area contributed by atoms with E-state index in [0.29, 0.717) is 10.6 Å². The van der Waals surface area contributed by atoms with Gasteiger partial charge in [0.2, 0.25) is 5.91 Å². The van der Waals surface area contributed by atoms with Crippen molar-refractivity contribution in [2.24, 2.45) is 5.73 Å². The number of primary amides is 1. The van der Waals surface area contributed by atoms with Gasteiger partial charge in [0.05, 0.1) is 12.6 Å². The zero-order chi connectivity index (χ0) is 12.2. The summed E-state index contributed by atoms with van der Waals surface area (Å²) in [4.78, 5) is 11.4. The minimum absolute atomic E-state index is 0.0337. The lowest BCUT2D eigenvalue weighted by Crippen LogP contribution is -2.50. The van der Waals surface area contributed by atoms with E-state index in [2.05, 4.69) is 5.32 Å². The fourth-order valence-corrected chi connectivity index (χ4v) is 1.54. The average molecular weight is 238 g/mol. The number of carbonyl (C=O) groups is 1. The number of carbonyl (C=O) groups excluding carboxylic acids is 1. The summed E-state index contributed by atoms with van der Waals surface area (Å²) in [5, 5.41) is 11.8. The van der Waals surface area contributed by atoms with Gasteiger partial charge in [0.15, 0.2) is 0 Å². The highest BCUT2D eigenvalue weighted by Gasteiger charge is 2.32. The maximum absolute atomic E-state index is 11.4. The fraction of sp³-hybridized carbons (Fsp3) is 0.273. The number of hydrogen-bond acceptors (Lipinski definition) is 3. The normalized spacial score (nSPS) is 13.8. The highest BCUT2D eigenvalue weighted by atomic mass is 35.5. The molecule has 1 amide bonds. The van der Waals surface area contributed by atoms with E-state index in [9.17, 15) is 4.79 Å². The largest absolute Gasteiger partial charge is 0.368 e. The molecule has 0 unspecified atom stereocenters. The van der Waals surface area contributed by atoms with Gasteiger partial charge in [-0.05, 0) is 24.6 Å². The number of nitrogens with one attached hydrogen (secondary N) is 1. The summed E-state index contributed by atoms with van der Waals surface area (Å²) in [6.45, 7) is 1.66. The summed E-state index contributed by atoms with van der Waals surface area (Å²) in [7, 11) is 0. The van der Waals surface area contributed by atoms with Crippen LogP contribution in [-0.4, -0.2) is 12.5 Å². The first-order chi connectivity index (χ1) is 7.50. The minimum atomic E-state index is -1.08. The molecule has 0 saturated heterocycles. The number of nitrogens with zero attached hydrogens (tertiary/aromatic N) is 1. The second-order valence-electron chi connectivity index (χ2n) is 3.51. The molecule has 1 aromatic rings. The smallest absolute Gasteiger partial charge is 0.242 e. The number of hydrogen-bond donors (Lipinski definition) is 2. The molecule has 5 heteroatoms. The lowest BCUT2D eigenvalue weighted by molar-refractivity contribution is -0.124. The van der Waals surface area contributed by atoms with E-state index in [1.807, 2.05) is 6.07 Å². The Morgan fingerprint density at radius 1 is 1.69 bits per heavy atom. The van der Waals surface area contributed by atoms with Crippen molar-refractivity contribution >= 4 is 17.5 Å². The van der Waals surface area contributed by atoms with Crippen molar-refractivity contribution in [1.29, 1.82) is 5.26 Å². The molecule has 0 heterocycles. The van der Waals surface area contributed by atoms with Crippen LogP contribution in [0.25, 0.3) is 0 Å². The molecule has 0 aliphatic rings. The second kappa shape index (κ2) is 4.97. The Bertz CT molecular complexity index is 441. The molecule has 3 N–H and O–H groups in total. The summed E-state index contributed by atoms with van der Waals surface area (Å²) >= 11 is 5.84. The summed E-state index contributed by atoms with van der Waals surface area (Å²) in [6, 6.07) is 8.73. The third-order valence-corrected chi connectivity index (χ3v) is 2.65. The molecule has 0 bridgehead atoms. The molecule has 0 saturated carbocycles. The van der Waals surface area contributed by atoms with Crippen LogP contribution in [0.2, 0.25) is 5.02 Å². The first-order valence-corrected chi connectivity index (χ1v) is 5.06. The van der Waals surface area contributed by atoms with Crippen LogP contribution >= 0.6 is 11.6 Å². The van der Waals surface area contributed by atoms with Gasteiger partial charge in [0, 0.05) is 5.02 Å². The molecule has 0 aliphatic heterocycles. The minimum Gasteiger partial charge on any atom is -0.368 e. The van der Waals surface area contributed by atoms with Gasteiger partial charge in [-0.1, -0.05) is 23.7 Å². The molecule has 0 aliphatic carbocycles. The quantitative estimate of drug-likeness (QED) is 0.771. The maximum atomic E-state index is 11.4. The van der Waals surface area contributed by atoms with Gasteiger partial charge in [0.1, 0.15) is 5.54 Å². The van der Waals surface area contributed by atoms with Gasteiger partial charge >= 0.3 is 0 Å². The number of nitriles is 1. The molecule has 0 spiro atoms. The zero-order valence-corrected chi connectivity index (χ0v) is 9.58.